The molecular weight excluding hydrogens is 198 g/mol. The van der Waals surface area contributed by atoms with Gasteiger partial charge in [-0.3, -0.25) is 4.90 Å². The van der Waals surface area contributed by atoms with Crippen LogP contribution in [0.2, 0.25) is 0 Å². The van der Waals surface area contributed by atoms with Crippen LogP contribution < -0.4 is 4.90 Å². The zero-order chi connectivity index (χ0) is 11.7. The molecule has 0 aromatic carbocycles. The molecule has 1 saturated heterocycles. The summed E-state index contributed by atoms with van der Waals surface area (Å²) < 4.78 is 0. The molecule has 0 spiro atoms. The number of rotatable bonds is 2. The van der Waals surface area contributed by atoms with Crippen molar-refractivity contribution in [2.24, 2.45) is 0 Å². The van der Waals surface area contributed by atoms with Crippen LogP contribution in [-0.4, -0.2) is 37.6 Å². The van der Waals surface area contributed by atoms with E-state index in [1.54, 1.807) is 0 Å². The second-order valence-corrected chi connectivity index (χ2v) is 4.88. The highest BCUT2D eigenvalue weighted by molar-refractivity contribution is 5.41. The highest BCUT2D eigenvalue weighted by Gasteiger charge is 2.24. The van der Waals surface area contributed by atoms with Gasteiger partial charge in [0, 0.05) is 25.8 Å². The first-order valence-electron chi connectivity index (χ1n) is 5.94. The Hall–Kier alpha value is -1.09. The highest BCUT2D eigenvalue weighted by Crippen LogP contribution is 2.32. The molecule has 1 aromatic heterocycles. The van der Waals surface area contributed by atoms with Crippen molar-refractivity contribution in [2.75, 3.05) is 32.6 Å². The third-order valence-corrected chi connectivity index (χ3v) is 3.45. The fourth-order valence-electron chi connectivity index (χ4n) is 2.46. The maximum Gasteiger partial charge on any atom is 0.128 e. The van der Waals surface area contributed by atoms with Crippen molar-refractivity contribution in [3.05, 3.63) is 23.4 Å². The number of hydrogen-bond acceptors (Lipinski definition) is 3. The molecule has 2 heterocycles. The van der Waals surface area contributed by atoms with Crippen LogP contribution in [0.4, 0.5) is 5.82 Å². The smallest absolute Gasteiger partial charge is 0.128 e. The summed E-state index contributed by atoms with van der Waals surface area (Å²) in [6.07, 6.45) is 2.57. The Balaban J connectivity index is 2.28. The number of aryl methyl sites for hydroxylation is 1. The number of hydrogen-bond donors (Lipinski definition) is 0. The molecule has 1 atom stereocenters. The summed E-state index contributed by atoms with van der Waals surface area (Å²) in [6, 6.07) is 4.93. The lowest BCUT2D eigenvalue weighted by atomic mass is 10.0. The van der Waals surface area contributed by atoms with Crippen LogP contribution in [-0.2, 0) is 0 Å². The van der Waals surface area contributed by atoms with Crippen molar-refractivity contribution in [2.45, 2.75) is 25.8 Å². The Kier molecular flexibility index (Phi) is 3.15. The fourth-order valence-corrected chi connectivity index (χ4v) is 2.46. The van der Waals surface area contributed by atoms with Crippen molar-refractivity contribution in [1.29, 1.82) is 0 Å². The minimum absolute atomic E-state index is 0.573. The van der Waals surface area contributed by atoms with Crippen molar-refractivity contribution >= 4 is 5.82 Å². The molecule has 1 aromatic rings. The minimum Gasteiger partial charge on any atom is -0.363 e. The maximum atomic E-state index is 4.65. The van der Waals surface area contributed by atoms with Gasteiger partial charge < -0.3 is 4.90 Å². The number of pyridine rings is 1. The predicted octanol–water partition coefficient (Wildman–Crippen LogP) is 2.22. The molecule has 3 nitrogen and oxygen atoms in total. The second-order valence-electron chi connectivity index (χ2n) is 4.88. The van der Waals surface area contributed by atoms with Gasteiger partial charge >= 0.3 is 0 Å². The molecule has 1 aliphatic heterocycles. The van der Waals surface area contributed by atoms with Crippen molar-refractivity contribution in [3.63, 3.8) is 0 Å². The number of likely N-dealkylation sites (tertiary alicyclic amines) is 1. The average molecular weight is 219 g/mol. The molecule has 0 bridgehead atoms. The van der Waals surface area contributed by atoms with Gasteiger partial charge in [-0.15, -0.1) is 0 Å². The molecule has 3 heteroatoms. The standard InChI is InChI=1S/C13H21N3/c1-10-11(12-6-5-9-16(12)4)7-8-13(14-10)15(2)3/h7-8,12H,5-6,9H2,1-4H3/t12-/m1/s1. The summed E-state index contributed by atoms with van der Waals surface area (Å²) >= 11 is 0. The lowest BCUT2D eigenvalue weighted by Gasteiger charge is -2.22. The van der Waals surface area contributed by atoms with E-state index in [-0.39, 0.29) is 0 Å². The van der Waals surface area contributed by atoms with E-state index in [9.17, 15) is 0 Å². The first-order chi connectivity index (χ1) is 7.59. The molecule has 16 heavy (non-hydrogen) atoms. The Morgan fingerprint density at radius 3 is 2.62 bits per heavy atom. The summed E-state index contributed by atoms with van der Waals surface area (Å²) in [5, 5.41) is 0. The van der Waals surface area contributed by atoms with E-state index in [1.807, 2.05) is 14.1 Å². The molecule has 0 aliphatic carbocycles. The SMILES string of the molecule is Cc1nc(N(C)C)ccc1[C@H]1CCCN1C. The summed E-state index contributed by atoms with van der Waals surface area (Å²) in [5.41, 5.74) is 2.57. The molecule has 0 radical (unpaired) electrons. The van der Waals surface area contributed by atoms with Crippen LogP contribution >= 0.6 is 0 Å². The first-order valence-corrected chi connectivity index (χ1v) is 5.94. The molecular formula is C13H21N3. The van der Waals surface area contributed by atoms with Gasteiger partial charge in [-0.05, 0) is 45.0 Å². The van der Waals surface area contributed by atoms with Crippen molar-refractivity contribution in [3.8, 4) is 0 Å². The molecule has 2 rings (SSSR count). The van der Waals surface area contributed by atoms with Gasteiger partial charge in [0.15, 0.2) is 0 Å². The summed E-state index contributed by atoms with van der Waals surface area (Å²) in [6.45, 7) is 3.33. The topological polar surface area (TPSA) is 19.4 Å². The predicted molar refractivity (Wildman–Crippen MR) is 67.9 cm³/mol. The lowest BCUT2D eigenvalue weighted by Crippen LogP contribution is -2.19. The van der Waals surface area contributed by atoms with Crippen molar-refractivity contribution in [1.82, 2.24) is 9.88 Å². The van der Waals surface area contributed by atoms with E-state index in [0.717, 1.165) is 5.82 Å². The summed E-state index contributed by atoms with van der Waals surface area (Å²) in [5.74, 6) is 1.04. The summed E-state index contributed by atoms with van der Waals surface area (Å²) in [4.78, 5) is 9.13. The monoisotopic (exact) mass is 219 g/mol. The van der Waals surface area contributed by atoms with Crippen LogP contribution in [0.1, 0.15) is 30.1 Å². The van der Waals surface area contributed by atoms with E-state index >= 15 is 0 Å². The van der Waals surface area contributed by atoms with Gasteiger partial charge in [-0.25, -0.2) is 4.98 Å². The Morgan fingerprint density at radius 2 is 2.12 bits per heavy atom. The molecule has 88 valence electrons. The zero-order valence-corrected chi connectivity index (χ0v) is 10.7. The third kappa shape index (κ3) is 2.05. The van der Waals surface area contributed by atoms with Gasteiger partial charge in [0.1, 0.15) is 5.82 Å². The van der Waals surface area contributed by atoms with Crippen LogP contribution in [0.3, 0.4) is 0 Å². The van der Waals surface area contributed by atoms with Crippen LogP contribution in [0.15, 0.2) is 12.1 Å². The quantitative estimate of drug-likeness (QED) is 0.760. The second kappa shape index (κ2) is 4.42. The van der Waals surface area contributed by atoms with Gasteiger partial charge in [0.25, 0.3) is 0 Å². The molecule has 1 fully saturated rings. The Bertz CT molecular complexity index is 373. The molecule has 0 unspecified atom stereocenters. The number of aromatic nitrogens is 1. The Labute approximate surface area is 98.1 Å². The van der Waals surface area contributed by atoms with E-state index in [0.29, 0.717) is 6.04 Å². The minimum atomic E-state index is 0.573. The zero-order valence-electron chi connectivity index (χ0n) is 10.7. The number of anilines is 1. The van der Waals surface area contributed by atoms with E-state index in [2.05, 4.69) is 40.9 Å². The fraction of sp³-hybridized carbons (Fsp3) is 0.615. The van der Waals surface area contributed by atoms with Crippen LogP contribution in [0.5, 0.6) is 0 Å². The van der Waals surface area contributed by atoms with Crippen LogP contribution in [0, 0.1) is 6.92 Å². The molecule has 1 aliphatic rings. The molecule has 0 saturated carbocycles. The Morgan fingerprint density at radius 1 is 1.38 bits per heavy atom. The van der Waals surface area contributed by atoms with Gasteiger partial charge in [-0.2, -0.15) is 0 Å². The van der Waals surface area contributed by atoms with Gasteiger partial charge in [0.05, 0.1) is 0 Å². The maximum absolute atomic E-state index is 4.65. The first kappa shape index (κ1) is 11.4. The average Bonchev–Trinajstić information content (AvgIpc) is 2.64. The largest absolute Gasteiger partial charge is 0.363 e. The highest BCUT2D eigenvalue weighted by atomic mass is 15.2. The van der Waals surface area contributed by atoms with Crippen molar-refractivity contribution < 1.29 is 0 Å². The van der Waals surface area contributed by atoms with E-state index in [4.69, 9.17) is 0 Å². The normalized spacial score (nSPS) is 21.4. The van der Waals surface area contributed by atoms with Crippen LogP contribution in [0.25, 0.3) is 0 Å². The molecule has 0 amide bonds. The lowest BCUT2D eigenvalue weighted by molar-refractivity contribution is 0.316. The van der Waals surface area contributed by atoms with Gasteiger partial charge in [0.2, 0.25) is 0 Å². The molecule has 0 N–H and O–H groups in total. The third-order valence-electron chi connectivity index (χ3n) is 3.45. The van der Waals surface area contributed by atoms with E-state index < -0.39 is 0 Å². The van der Waals surface area contributed by atoms with Gasteiger partial charge in [-0.1, -0.05) is 6.07 Å². The van der Waals surface area contributed by atoms with E-state index in [1.165, 1.54) is 30.6 Å². The summed E-state index contributed by atoms with van der Waals surface area (Å²) in [7, 11) is 6.27. The number of nitrogens with zero attached hydrogens (tertiary/aromatic N) is 3.